The molecule has 0 fully saturated rings. The summed E-state index contributed by atoms with van der Waals surface area (Å²) in [4.78, 5) is 42.7. The van der Waals surface area contributed by atoms with Crippen LogP contribution in [0.4, 0.5) is 0 Å². The molecular weight excluding hydrogens is 2490 g/mol. The van der Waals surface area contributed by atoms with Crippen molar-refractivity contribution in [2.75, 3.05) is 0 Å². The Morgan fingerprint density at radius 2 is 0.566 bits per heavy atom. The predicted molar refractivity (Wildman–Crippen MR) is 575 cm³/mol. The first-order chi connectivity index (χ1) is 65.4. The molecule has 0 aliphatic rings. The zero-order chi connectivity index (χ0) is 103. The smallest absolute Gasteiger partial charge is 0.119 e. The van der Waals surface area contributed by atoms with Crippen molar-refractivity contribution in [3.63, 3.8) is 0 Å². The van der Waals surface area contributed by atoms with Crippen LogP contribution >= 0.6 is 0 Å². The van der Waals surface area contributed by atoms with Crippen molar-refractivity contribution in [1.82, 2.24) is 44.9 Å². The molecule has 0 bridgehead atoms. The molecule has 0 saturated carbocycles. The van der Waals surface area contributed by atoms with Gasteiger partial charge in [0.15, 0.2) is 0 Å². The van der Waals surface area contributed by atoms with Gasteiger partial charge < -0.3 is 55.8 Å². The van der Waals surface area contributed by atoms with Gasteiger partial charge in [-0.15, -0.1) is 140 Å². The number of hydrogen-bond acceptors (Lipinski definition) is 17. The summed E-state index contributed by atoms with van der Waals surface area (Å²) in [6, 6.07) is 73.8. The Kier molecular flexibility index (Phi) is 55.4. The molecule has 8 unspecified atom stereocenters. The van der Waals surface area contributed by atoms with Crippen molar-refractivity contribution in [1.29, 1.82) is 0 Å². The molecule has 0 aliphatic carbocycles. The van der Waals surface area contributed by atoms with Gasteiger partial charge in [-0.25, -0.2) is 4.98 Å². The van der Waals surface area contributed by atoms with E-state index in [0.717, 1.165) is 129 Å². The van der Waals surface area contributed by atoms with Gasteiger partial charge >= 0.3 is 0 Å². The SMILES string of the molecule is CC(C)C(O)CC(O)C(C)C.CC(O)CC(C)O.CC(O)CC(C)O.CC(O)CC(C)O.Cc1[c-]c(-c2ncc(-c3c(C)cccc3C)nc2-c2cc(C)cc(C)c2)cc(C)c1.Cc1[c-]c(-c2ncc(-c3cc(C)cc(C)c3)nc2-c2cc(C)cc(C)c2)cc(C)c1.Cc1[c-]c(-c2ncc(-c3ccccc3)nc2-c2cc(C)cc(C)c2)cc(C)c1.Cc1ncnc(-c2[c-]c(C(C)C)cc(C(C)C)c2)n1.[Ir].[Ir].[Ir].[Ir]. The molecule has 4 aromatic heterocycles. The number of aliphatic hydroxyl groups excluding tert-OH is 8. The number of aromatic nitrogens is 9. The van der Waals surface area contributed by atoms with Crippen molar-refractivity contribution in [3.05, 3.63) is 325 Å². The normalized spacial score (nSPS) is 12.4. The first-order valence-electron chi connectivity index (χ1n) is 48.7. The minimum absolute atomic E-state index is 0. The van der Waals surface area contributed by atoms with E-state index in [9.17, 15) is 10.2 Å². The molecule has 0 saturated heterocycles. The summed E-state index contributed by atoms with van der Waals surface area (Å²) in [5.74, 6) is 2.84. The van der Waals surface area contributed by atoms with Crippen LogP contribution in [0.5, 0.6) is 0 Å². The van der Waals surface area contributed by atoms with Crippen LogP contribution in [0.25, 0.3) is 113 Å². The van der Waals surface area contributed by atoms with Gasteiger partial charge in [-0.3, -0.25) is 24.9 Å². The van der Waals surface area contributed by atoms with E-state index in [1.54, 1.807) is 47.9 Å². The van der Waals surface area contributed by atoms with Crippen LogP contribution in [0.2, 0.25) is 0 Å². The predicted octanol–water partition coefficient (Wildman–Crippen LogP) is 26.5. The zero-order valence-electron chi connectivity index (χ0n) is 89.7. The average molecular weight is 2640 g/mol. The maximum absolute atomic E-state index is 9.39. The molecule has 21 heteroatoms. The molecule has 0 aliphatic heterocycles. The standard InChI is InChI=1S/2C28H27N2.C26H23N2.C16H20N3.C9H20O2.3C5H12O2.4Ir/c1-17-7-18(2)11-23(10-17)26-16-29-27(24-12-19(3)8-20(4)13-24)28(30-26)25-14-21(5)9-22(6)15-25;1-17-10-18(2)13-23(12-17)27-28(24-14-19(3)11-20(4)15-24)30-25(16-29-27)26-21(5)8-7-9-22(26)6;1-17-10-18(2)13-22(12-17)25-26(23-14-19(3)11-20(4)15-23)28-24(16-27-25)21-8-6-5-7-9-21;1-10(2)13-6-14(11(3)4)8-15(7-13)16-18-9-17-12(5)19-16;1-6(2)8(10)5-9(11)7(3)4;3*1-4(6)3-5(2)7;;;;/h2*7-12,14-16H,1-6H3;5-12,14-16H,1-4H3;6-7,9-11H,1-5H3;6-11H,5H2,1-4H3;3*4-7H,3H2,1-2H3;;;;/q4*-1;;;;;;;;. The van der Waals surface area contributed by atoms with Crippen LogP contribution in [0.15, 0.2) is 195 Å². The maximum Gasteiger partial charge on any atom is 0.119 e. The van der Waals surface area contributed by atoms with E-state index in [0.29, 0.717) is 43.3 Å². The van der Waals surface area contributed by atoms with Crippen molar-refractivity contribution in [2.45, 2.75) is 301 Å². The molecule has 8 N–H and O–H groups in total. The van der Waals surface area contributed by atoms with Gasteiger partial charge in [0.1, 0.15) is 12.2 Å². The van der Waals surface area contributed by atoms with E-state index >= 15 is 0 Å². The van der Waals surface area contributed by atoms with Crippen LogP contribution < -0.4 is 0 Å². The molecule has 0 spiro atoms. The molecule has 14 aromatic rings. The van der Waals surface area contributed by atoms with E-state index in [1.165, 1.54) is 83.5 Å². The Bertz CT molecular complexity index is 6050. The Labute approximate surface area is 909 Å². The van der Waals surface area contributed by atoms with Gasteiger partial charge in [0.2, 0.25) is 0 Å². The number of nitrogens with zero attached hydrogens (tertiary/aromatic N) is 9. The molecule has 4 heterocycles. The second kappa shape index (κ2) is 62.0. The van der Waals surface area contributed by atoms with E-state index in [4.69, 9.17) is 60.5 Å². The zero-order valence-corrected chi connectivity index (χ0v) is 99.2. The van der Waals surface area contributed by atoms with E-state index in [1.807, 2.05) is 71.4 Å². The quantitative estimate of drug-likeness (QED) is 0.0293. The molecule has 8 atom stereocenters. The van der Waals surface area contributed by atoms with Gasteiger partial charge in [-0.1, -0.05) is 251 Å². The average Bonchev–Trinajstić information content (AvgIpc) is 0.788. The molecule has 4 radical (unpaired) electrons. The van der Waals surface area contributed by atoms with Crippen LogP contribution in [-0.4, -0.2) is 135 Å². The summed E-state index contributed by atoms with van der Waals surface area (Å²) in [6.07, 6.45) is 6.14. The van der Waals surface area contributed by atoms with Gasteiger partial charge in [-0.2, -0.15) is 0 Å². The van der Waals surface area contributed by atoms with E-state index < -0.39 is 0 Å². The summed E-state index contributed by atoms with van der Waals surface area (Å²) >= 11 is 0. The number of rotatable bonds is 22. The van der Waals surface area contributed by atoms with Crippen LogP contribution in [-0.2, 0) is 80.4 Å². The molecule has 14 rings (SSSR count). The van der Waals surface area contributed by atoms with E-state index in [-0.39, 0.29) is 141 Å². The molecule has 17 nitrogen and oxygen atoms in total. The number of aliphatic hydroxyl groups is 8. The first-order valence-corrected chi connectivity index (χ1v) is 48.7. The number of benzene rings is 10. The fourth-order valence-corrected chi connectivity index (χ4v) is 16.3. The summed E-state index contributed by atoms with van der Waals surface area (Å²) < 4.78 is 0. The van der Waals surface area contributed by atoms with Crippen molar-refractivity contribution in [3.8, 4) is 113 Å². The van der Waals surface area contributed by atoms with Crippen molar-refractivity contribution >= 4 is 0 Å². The Morgan fingerprint density at radius 1 is 0.259 bits per heavy atom. The monoisotopic (exact) mass is 2640 g/mol. The van der Waals surface area contributed by atoms with E-state index in [2.05, 4.69) is 329 Å². The summed E-state index contributed by atoms with van der Waals surface area (Å²) in [5.41, 5.74) is 40.2. The van der Waals surface area contributed by atoms with Gasteiger partial charge in [0.25, 0.3) is 0 Å². The Balaban J connectivity index is 0.000000443. The molecule has 10 aromatic carbocycles. The number of hydrogen-bond donors (Lipinski definition) is 8. The molecule has 143 heavy (non-hydrogen) atoms. The fraction of sp³-hybridized carbons (Fsp3) is 0.385. The second-order valence-electron chi connectivity index (χ2n) is 39.4. The van der Waals surface area contributed by atoms with Gasteiger partial charge in [0, 0.05) is 133 Å². The third-order valence-corrected chi connectivity index (χ3v) is 22.5. The van der Waals surface area contributed by atoms with Crippen molar-refractivity contribution < 1.29 is 121 Å². The topological polar surface area (TPSA) is 278 Å². The maximum atomic E-state index is 9.39. The van der Waals surface area contributed by atoms with Crippen LogP contribution in [0.3, 0.4) is 0 Å². The Hall–Kier alpha value is -9.27. The first kappa shape index (κ1) is 128. The summed E-state index contributed by atoms with van der Waals surface area (Å²) in [7, 11) is 0. The third-order valence-electron chi connectivity index (χ3n) is 22.5. The summed E-state index contributed by atoms with van der Waals surface area (Å²) in [5, 5.41) is 70.1. The minimum Gasteiger partial charge on any atom is -0.393 e. The van der Waals surface area contributed by atoms with Gasteiger partial charge in [-0.05, 0) is 207 Å². The number of aryl methyl sites for hydroxylation is 17. The second-order valence-corrected chi connectivity index (χ2v) is 39.4. The summed E-state index contributed by atoms with van der Waals surface area (Å²) in [6.45, 7) is 62.2. The fourth-order valence-electron chi connectivity index (χ4n) is 16.3. The minimum atomic E-state index is -0.375. The van der Waals surface area contributed by atoms with Crippen LogP contribution in [0, 0.1) is 154 Å². The van der Waals surface area contributed by atoms with Crippen LogP contribution in [0.1, 0.15) is 240 Å². The molecule has 0 amide bonds. The van der Waals surface area contributed by atoms with Gasteiger partial charge in [0.05, 0.1) is 88.8 Å². The Morgan fingerprint density at radius 3 is 0.860 bits per heavy atom. The third kappa shape index (κ3) is 43.0. The molecule has 774 valence electrons. The largest absolute Gasteiger partial charge is 0.393 e. The molecular formula is C122H153Ir4N9O8-4. The van der Waals surface area contributed by atoms with Crippen molar-refractivity contribution in [2.24, 2.45) is 11.8 Å².